The van der Waals surface area contributed by atoms with E-state index in [1.165, 1.54) is 11.3 Å². The second-order valence-corrected chi connectivity index (χ2v) is 4.82. The van der Waals surface area contributed by atoms with Crippen LogP contribution in [0.2, 0.25) is 0 Å². The van der Waals surface area contributed by atoms with Crippen LogP contribution in [0.25, 0.3) is 11.3 Å². The first-order valence-electron chi connectivity index (χ1n) is 5.50. The number of aliphatic hydroxyl groups excluding tert-OH is 1. The fourth-order valence-electron chi connectivity index (χ4n) is 1.72. The Bertz CT molecular complexity index is 570. The van der Waals surface area contributed by atoms with Crippen molar-refractivity contribution in [3.8, 4) is 22.8 Å². The molecule has 3 N–H and O–H groups in total. The van der Waals surface area contributed by atoms with Gasteiger partial charge in [0, 0.05) is 10.9 Å². The van der Waals surface area contributed by atoms with Crippen LogP contribution in [0.1, 0.15) is 11.0 Å². The van der Waals surface area contributed by atoms with Crippen LogP contribution in [-0.2, 0) is 0 Å². The highest BCUT2D eigenvalue weighted by Gasteiger charge is 2.16. The van der Waals surface area contributed by atoms with Crippen molar-refractivity contribution in [2.45, 2.75) is 6.04 Å². The number of aliphatic hydroxyl groups is 1. The zero-order valence-corrected chi connectivity index (χ0v) is 10.3. The molecule has 1 aliphatic heterocycles. The van der Waals surface area contributed by atoms with Gasteiger partial charge in [-0.3, -0.25) is 0 Å². The molecule has 1 aromatic heterocycles. The Morgan fingerprint density at radius 3 is 3.06 bits per heavy atom. The lowest BCUT2D eigenvalue weighted by atomic mass is 10.1. The number of hydrogen-bond acceptors (Lipinski definition) is 6. The summed E-state index contributed by atoms with van der Waals surface area (Å²) in [4.78, 5) is 4.41. The summed E-state index contributed by atoms with van der Waals surface area (Å²) >= 11 is 1.44. The van der Waals surface area contributed by atoms with Crippen molar-refractivity contribution in [3.05, 3.63) is 28.6 Å². The van der Waals surface area contributed by atoms with E-state index in [1.54, 1.807) is 0 Å². The third kappa shape index (κ3) is 1.94. The standard InChI is InChI=1S/C12H12N2O3S/c13-8(4-15)12-14-9(5-18-12)7-1-2-10-11(3-7)17-6-16-10/h1-3,5,8,15H,4,6,13H2. The summed E-state index contributed by atoms with van der Waals surface area (Å²) in [6.45, 7) is 0.157. The van der Waals surface area contributed by atoms with Crippen molar-refractivity contribution in [1.29, 1.82) is 0 Å². The normalized spacial score (nSPS) is 14.8. The van der Waals surface area contributed by atoms with Gasteiger partial charge in [-0.15, -0.1) is 11.3 Å². The maximum Gasteiger partial charge on any atom is 0.231 e. The van der Waals surface area contributed by atoms with E-state index in [1.807, 2.05) is 23.6 Å². The first-order valence-corrected chi connectivity index (χ1v) is 6.38. The average Bonchev–Trinajstić information content (AvgIpc) is 3.05. The molecule has 2 aromatic rings. The van der Waals surface area contributed by atoms with Crippen molar-refractivity contribution in [1.82, 2.24) is 4.98 Å². The van der Waals surface area contributed by atoms with E-state index in [2.05, 4.69) is 4.98 Å². The molecule has 5 nitrogen and oxygen atoms in total. The van der Waals surface area contributed by atoms with Crippen molar-refractivity contribution in [2.24, 2.45) is 5.73 Å². The van der Waals surface area contributed by atoms with Crippen LogP contribution in [0.15, 0.2) is 23.6 Å². The van der Waals surface area contributed by atoms with E-state index in [4.69, 9.17) is 20.3 Å². The topological polar surface area (TPSA) is 77.6 Å². The summed E-state index contributed by atoms with van der Waals surface area (Å²) in [7, 11) is 0. The van der Waals surface area contributed by atoms with Gasteiger partial charge >= 0.3 is 0 Å². The molecule has 0 aliphatic carbocycles. The molecule has 0 radical (unpaired) electrons. The number of ether oxygens (including phenoxy) is 2. The molecule has 0 saturated carbocycles. The summed E-state index contributed by atoms with van der Waals surface area (Å²) in [5.41, 5.74) is 7.51. The molecular weight excluding hydrogens is 252 g/mol. The Morgan fingerprint density at radius 1 is 1.39 bits per heavy atom. The van der Waals surface area contributed by atoms with E-state index in [9.17, 15) is 0 Å². The lowest BCUT2D eigenvalue weighted by molar-refractivity contribution is 0.174. The number of hydrogen-bond donors (Lipinski definition) is 2. The fraction of sp³-hybridized carbons (Fsp3) is 0.250. The molecule has 1 aromatic carbocycles. The average molecular weight is 264 g/mol. The molecule has 6 heteroatoms. The van der Waals surface area contributed by atoms with Gasteiger partial charge in [0.2, 0.25) is 6.79 Å². The molecule has 1 aliphatic rings. The van der Waals surface area contributed by atoms with Crippen LogP contribution < -0.4 is 15.2 Å². The lowest BCUT2D eigenvalue weighted by Gasteiger charge is -2.02. The Hall–Kier alpha value is -1.63. The van der Waals surface area contributed by atoms with Crippen LogP contribution in [0.5, 0.6) is 11.5 Å². The zero-order chi connectivity index (χ0) is 12.5. The van der Waals surface area contributed by atoms with E-state index in [-0.39, 0.29) is 13.4 Å². The monoisotopic (exact) mass is 264 g/mol. The molecule has 0 saturated heterocycles. The molecule has 94 valence electrons. The highest BCUT2D eigenvalue weighted by atomic mass is 32.1. The van der Waals surface area contributed by atoms with E-state index in [0.29, 0.717) is 0 Å². The maximum absolute atomic E-state index is 9.00. The number of aromatic nitrogens is 1. The van der Waals surface area contributed by atoms with Crippen molar-refractivity contribution in [2.75, 3.05) is 13.4 Å². The minimum Gasteiger partial charge on any atom is -0.454 e. The van der Waals surface area contributed by atoms with E-state index >= 15 is 0 Å². The molecule has 3 rings (SSSR count). The van der Waals surface area contributed by atoms with Crippen molar-refractivity contribution < 1.29 is 14.6 Å². The van der Waals surface area contributed by atoms with E-state index in [0.717, 1.165) is 27.8 Å². The lowest BCUT2D eigenvalue weighted by Crippen LogP contribution is -2.13. The first-order chi connectivity index (χ1) is 8.78. The maximum atomic E-state index is 9.00. The van der Waals surface area contributed by atoms with Gasteiger partial charge in [-0.1, -0.05) is 0 Å². The summed E-state index contributed by atoms with van der Waals surface area (Å²) in [6, 6.07) is 5.27. The highest BCUT2D eigenvalue weighted by molar-refractivity contribution is 7.10. The summed E-state index contributed by atoms with van der Waals surface area (Å²) in [5.74, 6) is 1.48. The molecule has 0 bridgehead atoms. The third-order valence-electron chi connectivity index (χ3n) is 2.70. The van der Waals surface area contributed by atoms with Crippen LogP contribution in [0.4, 0.5) is 0 Å². The van der Waals surface area contributed by atoms with Gasteiger partial charge in [0.25, 0.3) is 0 Å². The Morgan fingerprint density at radius 2 is 2.22 bits per heavy atom. The molecule has 0 amide bonds. The van der Waals surface area contributed by atoms with Crippen LogP contribution in [0, 0.1) is 0 Å². The third-order valence-corrected chi connectivity index (χ3v) is 3.68. The predicted octanol–water partition coefficient (Wildman–Crippen LogP) is 1.53. The number of fused-ring (bicyclic) bond motifs is 1. The zero-order valence-electron chi connectivity index (χ0n) is 9.50. The van der Waals surface area contributed by atoms with Gasteiger partial charge in [-0.25, -0.2) is 4.98 Å². The number of rotatable bonds is 3. The quantitative estimate of drug-likeness (QED) is 0.879. The Balaban J connectivity index is 1.92. The molecular formula is C12H12N2O3S. The van der Waals surface area contributed by atoms with Crippen LogP contribution >= 0.6 is 11.3 Å². The predicted molar refractivity (Wildman–Crippen MR) is 67.7 cm³/mol. The molecule has 1 unspecified atom stereocenters. The van der Waals surface area contributed by atoms with Crippen molar-refractivity contribution in [3.63, 3.8) is 0 Å². The van der Waals surface area contributed by atoms with Gasteiger partial charge in [0.15, 0.2) is 11.5 Å². The van der Waals surface area contributed by atoms with Gasteiger partial charge in [-0.2, -0.15) is 0 Å². The van der Waals surface area contributed by atoms with E-state index < -0.39 is 6.04 Å². The number of thiazole rings is 1. The summed E-state index contributed by atoms with van der Waals surface area (Å²) in [6.07, 6.45) is 0. The van der Waals surface area contributed by atoms with Gasteiger partial charge in [0.1, 0.15) is 5.01 Å². The molecule has 2 heterocycles. The largest absolute Gasteiger partial charge is 0.454 e. The second kappa shape index (κ2) is 4.56. The van der Waals surface area contributed by atoms with Crippen LogP contribution in [-0.4, -0.2) is 23.5 Å². The molecule has 1 atom stereocenters. The minimum absolute atomic E-state index is 0.103. The van der Waals surface area contributed by atoms with Gasteiger partial charge in [-0.05, 0) is 18.2 Å². The molecule has 0 fully saturated rings. The number of nitrogens with zero attached hydrogens (tertiary/aromatic N) is 1. The SMILES string of the molecule is NC(CO)c1nc(-c2ccc3c(c2)OCO3)cs1. The van der Waals surface area contributed by atoms with Crippen LogP contribution in [0.3, 0.4) is 0 Å². The van der Waals surface area contributed by atoms with Gasteiger partial charge < -0.3 is 20.3 Å². The summed E-state index contributed by atoms with van der Waals surface area (Å²) in [5, 5.41) is 11.6. The minimum atomic E-state index is -0.419. The first kappa shape index (κ1) is 11.5. The Kier molecular flexibility index (Phi) is 2.91. The highest BCUT2D eigenvalue weighted by Crippen LogP contribution is 2.36. The Labute approximate surface area is 108 Å². The summed E-state index contributed by atoms with van der Waals surface area (Å²) < 4.78 is 10.6. The number of nitrogens with two attached hydrogens (primary N) is 1. The number of benzene rings is 1. The smallest absolute Gasteiger partial charge is 0.231 e. The fourth-order valence-corrected chi connectivity index (χ4v) is 2.55. The molecule has 0 spiro atoms. The molecule has 18 heavy (non-hydrogen) atoms. The van der Waals surface area contributed by atoms with Crippen molar-refractivity contribution >= 4 is 11.3 Å². The second-order valence-electron chi connectivity index (χ2n) is 3.93. The van der Waals surface area contributed by atoms with Gasteiger partial charge in [0.05, 0.1) is 18.3 Å².